The lowest BCUT2D eigenvalue weighted by Gasteiger charge is -2.17. The Kier molecular flexibility index (Phi) is 4.49. The third-order valence-electron chi connectivity index (χ3n) is 3.20. The molecule has 0 saturated heterocycles. The predicted octanol–water partition coefficient (Wildman–Crippen LogP) is 1.14. The summed E-state index contributed by atoms with van der Waals surface area (Å²) in [5.41, 5.74) is 1.60. The van der Waals surface area contributed by atoms with E-state index < -0.39 is 0 Å². The number of hydrogen-bond acceptors (Lipinski definition) is 5. The van der Waals surface area contributed by atoms with Crippen molar-refractivity contribution < 1.29 is 9.84 Å². The average Bonchev–Trinajstić information content (AvgIpc) is 3.18. The molecule has 1 heterocycles. The molecular formula is C13H21N3O2. The molecule has 0 spiro atoms. The molecule has 1 saturated carbocycles. The molecule has 0 radical (unpaired) electrons. The fourth-order valence-electron chi connectivity index (χ4n) is 1.65. The number of ether oxygens (including phenoxy) is 1. The van der Waals surface area contributed by atoms with Gasteiger partial charge in [0.15, 0.2) is 0 Å². The van der Waals surface area contributed by atoms with Gasteiger partial charge in [-0.3, -0.25) is 0 Å². The largest absolute Gasteiger partial charge is 0.392 e. The number of aliphatic hydroxyl groups is 1. The summed E-state index contributed by atoms with van der Waals surface area (Å²) in [6, 6.07) is 0. The van der Waals surface area contributed by atoms with Crippen molar-refractivity contribution in [1.82, 2.24) is 9.97 Å². The fourth-order valence-corrected chi connectivity index (χ4v) is 1.65. The number of likely N-dealkylation sites (N-methyl/N-ethyl adjacent to an activating group) is 1. The summed E-state index contributed by atoms with van der Waals surface area (Å²) in [4.78, 5) is 10.6. The molecule has 0 atom stereocenters. The quantitative estimate of drug-likeness (QED) is 0.736. The van der Waals surface area contributed by atoms with Gasteiger partial charge < -0.3 is 14.7 Å². The van der Waals surface area contributed by atoms with Crippen LogP contribution < -0.4 is 4.90 Å². The van der Waals surface area contributed by atoms with E-state index in [4.69, 9.17) is 9.84 Å². The molecule has 1 aliphatic rings. The molecule has 0 unspecified atom stereocenters. The van der Waals surface area contributed by atoms with Crippen molar-refractivity contribution in [3.63, 3.8) is 0 Å². The van der Waals surface area contributed by atoms with Crippen LogP contribution >= 0.6 is 0 Å². The summed E-state index contributed by atoms with van der Waals surface area (Å²) < 4.78 is 5.59. The standard InChI is InChI=1S/C13H21N3O2/c1-10-12(8-17)7-14-13(15-10)16(2)5-6-18-9-11-3-4-11/h7,11,17H,3-6,8-9H2,1-2H3. The van der Waals surface area contributed by atoms with Gasteiger partial charge in [-0.1, -0.05) is 0 Å². The number of rotatable bonds is 7. The van der Waals surface area contributed by atoms with E-state index in [0.717, 1.165) is 30.3 Å². The first kappa shape index (κ1) is 13.2. The van der Waals surface area contributed by atoms with Gasteiger partial charge in [0.25, 0.3) is 0 Å². The molecule has 1 fully saturated rings. The van der Waals surface area contributed by atoms with Gasteiger partial charge in [0.05, 0.1) is 13.2 Å². The molecular weight excluding hydrogens is 230 g/mol. The molecule has 1 N–H and O–H groups in total. The van der Waals surface area contributed by atoms with Gasteiger partial charge in [-0.05, 0) is 25.7 Å². The van der Waals surface area contributed by atoms with E-state index in [1.165, 1.54) is 12.8 Å². The van der Waals surface area contributed by atoms with Crippen molar-refractivity contribution >= 4 is 5.95 Å². The molecule has 5 heteroatoms. The topological polar surface area (TPSA) is 58.5 Å². The smallest absolute Gasteiger partial charge is 0.225 e. The minimum Gasteiger partial charge on any atom is -0.392 e. The van der Waals surface area contributed by atoms with E-state index in [9.17, 15) is 0 Å². The van der Waals surface area contributed by atoms with Gasteiger partial charge in [0.1, 0.15) is 0 Å². The molecule has 0 amide bonds. The summed E-state index contributed by atoms with van der Waals surface area (Å²) >= 11 is 0. The molecule has 100 valence electrons. The van der Waals surface area contributed by atoms with Crippen molar-refractivity contribution in [1.29, 1.82) is 0 Å². The number of nitrogens with zero attached hydrogens (tertiary/aromatic N) is 3. The lowest BCUT2D eigenvalue weighted by molar-refractivity contribution is 0.130. The van der Waals surface area contributed by atoms with E-state index in [0.29, 0.717) is 12.6 Å². The molecule has 1 aromatic heterocycles. The number of anilines is 1. The Morgan fingerprint density at radius 2 is 2.28 bits per heavy atom. The second-order valence-electron chi connectivity index (χ2n) is 4.88. The monoisotopic (exact) mass is 251 g/mol. The zero-order valence-corrected chi connectivity index (χ0v) is 11.1. The molecule has 1 aromatic rings. The van der Waals surface area contributed by atoms with Gasteiger partial charge in [0.2, 0.25) is 5.95 Å². The molecule has 18 heavy (non-hydrogen) atoms. The predicted molar refractivity (Wildman–Crippen MR) is 69.5 cm³/mol. The Morgan fingerprint density at radius 3 is 2.89 bits per heavy atom. The number of hydrogen-bond donors (Lipinski definition) is 1. The lowest BCUT2D eigenvalue weighted by atomic mass is 10.2. The molecule has 1 aliphatic carbocycles. The van der Waals surface area contributed by atoms with Crippen LogP contribution in [0.15, 0.2) is 6.20 Å². The number of aliphatic hydroxyl groups excluding tert-OH is 1. The van der Waals surface area contributed by atoms with Gasteiger partial charge in [-0.2, -0.15) is 0 Å². The minimum absolute atomic E-state index is 0.0136. The van der Waals surface area contributed by atoms with Crippen LogP contribution in [0.25, 0.3) is 0 Å². The third-order valence-corrected chi connectivity index (χ3v) is 3.20. The molecule has 0 aliphatic heterocycles. The first-order valence-electron chi connectivity index (χ1n) is 6.43. The highest BCUT2D eigenvalue weighted by Crippen LogP contribution is 2.28. The highest BCUT2D eigenvalue weighted by atomic mass is 16.5. The van der Waals surface area contributed by atoms with Gasteiger partial charge in [0, 0.05) is 37.7 Å². The summed E-state index contributed by atoms with van der Waals surface area (Å²) in [6.45, 7) is 4.24. The molecule has 0 bridgehead atoms. The van der Waals surface area contributed by atoms with Crippen molar-refractivity contribution in [2.24, 2.45) is 5.92 Å². The second-order valence-corrected chi connectivity index (χ2v) is 4.88. The SMILES string of the molecule is Cc1nc(N(C)CCOCC2CC2)ncc1CO. The van der Waals surface area contributed by atoms with Crippen LogP contribution in [0.3, 0.4) is 0 Å². The van der Waals surface area contributed by atoms with Crippen LogP contribution in [0.5, 0.6) is 0 Å². The van der Waals surface area contributed by atoms with Crippen LogP contribution in [-0.4, -0.2) is 41.9 Å². The second kappa shape index (κ2) is 6.11. The van der Waals surface area contributed by atoms with Gasteiger partial charge in [-0.25, -0.2) is 9.97 Å². The normalized spacial score (nSPS) is 14.8. The van der Waals surface area contributed by atoms with Crippen LogP contribution in [0, 0.1) is 12.8 Å². The summed E-state index contributed by atoms with van der Waals surface area (Å²) in [5, 5.41) is 9.07. The first-order valence-corrected chi connectivity index (χ1v) is 6.43. The van der Waals surface area contributed by atoms with Crippen LogP contribution in [0.2, 0.25) is 0 Å². The maximum Gasteiger partial charge on any atom is 0.225 e. The zero-order chi connectivity index (χ0) is 13.0. The fraction of sp³-hybridized carbons (Fsp3) is 0.692. The Morgan fingerprint density at radius 1 is 1.50 bits per heavy atom. The third kappa shape index (κ3) is 3.65. The van der Waals surface area contributed by atoms with E-state index in [1.54, 1.807) is 6.20 Å². The highest BCUT2D eigenvalue weighted by molar-refractivity contribution is 5.31. The zero-order valence-electron chi connectivity index (χ0n) is 11.1. The van der Waals surface area contributed by atoms with Crippen LogP contribution in [0.4, 0.5) is 5.95 Å². The Bertz CT molecular complexity index is 394. The van der Waals surface area contributed by atoms with E-state index in [2.05, 4.69) is 9.97 Å². The first-order chi connectivity index (χ1) is 8.70. The summed E-state index contributed by atoms with van der Waals surface area (Å²) in [5.74, 6) is 1.48. The van der Waals surface area contributed by atoms with Crippen molar-refractivity contribution in [2.45, 2.75) is 26.4 Å². The molecule has 2 rings (SSSR count). The van der Waals surface area contributed by atoms with Crippen molar-refractivity contribution in [3.8, 4) is 0 Å². The van der Waals surface area contributed by atoms with Crippen molar-refractivity contribution in [2.75, 3.05) is 31.7 Å². The Hall–Kier alpha value is -1.20. The van der Waals surface area contributed by atoms with E-state index in [-0.39, 0.29) is 6.61 Å². The lowest BCUT2D eigenvalue weighted by Crippen LogP contribution is -2.25. The maximum atomic E-state index is 9.07. The van der Waals surface area contributed by atoms with Crippen molar-refractivity contribution in [3.05, 3.63) is 17.5 Å². The van der Waals surface area contributed by atoms with E-state index in [1.807, 2.05) is 18.9 Å². The number of aromatic nitrogens is 2. The van der Waals surface area contributed by atoms with Gasteiger partial charge in [-0.15, -0.1) is 0 Å². The summed E-state index contributed by atoms with van der Waals surface area (Å²) in [7, 11) is 1.95. The average molecular weight is 251 g/mol. The molecule has 0 aromatic carbocycles. The highest BCUT2D eigenvalue weighted by Gasteiger charge is 2.21. The number of aryl methyl sites for hydroxylation is 1. The van der Waals surface area contributed by atoms with Crippen LogP contribution in [-0.2, 0) is 11.3 Å². The van der Waals surface area contributed by atoms with E-state index >= 15 is 0 Å². The summed E-state index contributed by atoms with van der Waals surface area (Å²) in [6.07, 6.45) is 4.32. The Balaban J connectivity index is 1.79. The van der Waals surface area contributed by atoms with Crippen LogP contribution in [0.1, 0.15) is 24.1 Å². The van der Waals surface area contributed by atoms with Gasteiger partial charge >= 0.3 is 0 Å². The minimum atomic E-state index is -0.0136. The maximum absolute atomic E-state index is 9.07. The molecule has 5 nitrogen and oxygen atoms in total. The Labute approximate surface area is 108 Å².